The number of nitro benzene ring substituents is 1. The Kier molecular flexibility index (Phi) is 7.45. The van der Waals surface area contributed by atoms with Crippen molar-refractivity contribution >= 4 is 23.7 Å². The first-order chi connectivity index (χ1) is 11.0. The third-order valence-electron chi connectivity index (χ3n) is 3.23. The molecule has 124 valence electrons. The molecule has 1 aromatic rings. The van der Waals surface area contributed by atoms with Crippen LogP contribution < -0.4 is 0 Å². The molecule has 0 aliphatic heterocycles. The molecule has 0 N–H and O–H groups in total. The summed E-state index contributed by atoms with van der Waals surface area (Å²) in [6.07, 6.45) is 5.12. The van der Waals surface area contributed by atoms with Crippen molar-refractivity contribution in [2.24, 2.45) is 5.92 Å². The molecule has 0 saturated heterocycles. The van der Waals surface area contributed by atoms with Crippen molar-refractivity contribution in [1.29, 1.82) is 0 Å². The van der Waals surface area contributed by atoms with Crippen LogP contribution in [0.2, 0.25) is 0 Å². The summed E-state index contributed by atoms with van der Waals surface area (Å²) in [6.45, 7) is 0. The quantitative estimate of drug-likeness (QED) is 0.240. The highest BCUT2D eigenvalue weighted by Crippen LogP contribution is 2.16. The average molecular weight is 321 g/mol. The Morgan fingerprint density at radius 2 is 1.91 bits per heavy atom. The lowest BCUT2D eigenvalue weighted by Gasteiger charge is -2.11. The van der Waals surface area contributed by atoms with Crippen LogP contribution in [-0.4, -0.2) is 31.1 Å². The van der Waals surface area contributed by atoms with Crippen molar-refractivity contribution < 1.29 is 24.0 Å². The van der Waals surface area contributed by atoms with E-state index in [1.807, 2.05) is 6.08 Å². The van der Waals surface area contributed by atoms with Crippen molar-refractivity contribution in [1.82, 2.24) is 0 Å². The Morgan fingerprint density at radius 1 is 1.26 bits per heavy atom. The minimum Gasteiger partial charge on any atom is -0.468 e. The smallest absolute Gasteiger partial charge is 0.320 e. The van der Waals surface area contributed by atoms with Gasteiger partial charge in [-0.15, -0.1) is 0 Å². The predicted octanol–water partition coefficient (Wildman–Crippen LogP) is 2.74. The maximum Gasteiger partial charge on any atom is 0.320 e. The van der Waals surface area contributed by atoms with Crippen LogP contribution in [0.5, 0.6) is 0 Å². The Labute approximate surface area is 134 Å². The number of carbonyl (C=O) groups excluding carboxylic acids is 2. The molecule has 7 heteroatoms. The van der Waals surface area contributed by atoms with Gasteiger partial charge in [0.2, 0.25) is 0 Å². The molecule has 0 heterocycles. The third kappa shape index (κ3) is 5.90. The Bertz CT molecular complexity index is 580. The van der Waals surface area contributed by atoms with Gasteiger partial charge in [-0.05, 0) is 24.8 Å². The normalized spacial score (nSPS) is 10.7. The van der Waals surface area contributed by atoms with Crippen molar-refractivity contribution in [3.05, 3.63) is 46.0 Å². The van der Waals surface area contributed by atoms with Crippen LogP contribution in [0.1, 0.15) is 24.8 Å². The average Bonchev–Trinajstić information content (AvgIpc) is 2.57. The zero-order valence-corrected chi connectivity index (χ0v) is 13.1. The number of carbonyl (C=O) groups is 2. The standard InChI is InChI=1S/C16H19NO6/c1-22-15(18)14(16(19)23-2)10-5-3-4-7-12-8-6-9-13(11-12)17(20)21/h4,6-9,11,14H,3,5,10H2,1-2H3/b7-4+. The Morgan fingerprint density at radius 3 is 2.48 bits per heavy atom. The van der Waals surface area contributed by atoms with Gasteiger partial charge in [-0.1, -0.05) is 24.3 Å². The summed E-state index contributed by atoms with van der Waals surface area (Å²) in [6, 6.07) is 6.27. The topological polar surface area (TPSA) is 95.7 Å². The largest absolute Gasteiger partial charge is 0.468 e. The van der Waals surface area contributed by atoms with E-state index in [1.165, 1.54) is 26.4 Å². The van der Waals surface area contributed by atoms with Gasteiger partial charge in [0.05, 0.1) is 19.1 Å². The Hall–Kier alpha value is -2.70. The van der Waals surface area contributed by atoms with Gasteiger partial charge in [0.25, 0.3) is 5.69 Å². The number of esters is 2. The van der Waals surface area contributed by atoms with Crippen LogP contribution in [0, 0.1) is 16.0 Å². The van der Waals surface area contributed by atoms with Crippen LogP contribution in [0.25, 0.3) is 6.08 Å². The van der Waals surface area contributed by atoms with Gasteiger partial charge in [0, 0.05) is 12.1 Å². The molecule has 1 aromatic carbocycles. The summed E-state index contributed by atoms with van der Waals surface area (Å²) in [5, 5.41) is 10.7. The van der Waals surface area contributed by atoms with Crippen molar-refractivity contribution in [2.75, 3.05) is 14.2 Å². The number of allylic oxidation sites excluding steroid dienone is 1. The molecule has 0 unspecified atom stereocenters. The molecule has 0 aromatic heterocycles. The molecular weight excluding hydrogens is 302 g/mol. The van der Waals surface area contributed by atoms with Gasteiger partial charge in [0.1, 0.15) is 0 Å². The summed E-state index contributed by atoms with van der Waals surface area (Å²) in [5.41, 5.74) is 0.750. The molecule has 23 heavy (non-hydrogen) atoms. The number of nitrogens with zero attached hydrogens (tertiary/aromatic N) is 1. The second-order valence-electron chi connectivity index (χ2n) is 4.78. The maximum absolute atomic E-state index is 11.5. The SMILES string of the molecule is COC(=O)C(CCC/C=C/c1cccc([N+](=O)[O-])c1)C(=O)OC. The zero-order chi connectivity index (χ0) is 17.2. The molecule has 1 rings (SSSR count). The fourth-order valence-electron chi connectivity index (χ4n) is 2.02. The number of rotatable bonds is 8. The highest BCUT2D eigenvalue weighted by atomic mass is 16.6. The van der Waals surface area contributed by atoms with Gasteiger partial charge >= 0.3 is 11.9 Å². The molecule has 0 saturated carbocycles. The predicted molar refractivity (Wildman–Crippen MR) is 83.5 cm³/mol. The number of benzene rings is 1. The molecule has 0 spiro atoms. The molecule has 0 radical (unpaired) electrons. The number of non-ortho nitro benzene ring substituents is 1. The fourth-order valence-corrected chi connectivity index (χ4v) is 2.02. The summed E-state index contributed by atoms with van der Waals surface area (Å²) in [4.78, 5) is 33.2. The van der Waals surface area contributed by atoms with Crippen molar-refractivity contribution in [3.8, 4) is 0 Å². The van der Waals surface area contributed by atoms with Gasteiger partial charge in [-0.2, -0.15) is 0 Å². The van der Waals surface area contributed by atoms with E-state index >= 15 is 0 Å². The molecule has 0 fully saturated rings. The molecule has 7 nitrogen and oxygen atoms in total. The van der Waals surface area contributed by atoms with Gasteiger partial charge in [0.15, 0.2) is 5.92 Å². The van der Waals surface area contributed by atoms with E-state index in [9.17, 15) is 19.7 Å². The number of hydrogen-bond acceptors (Lipinski definition) is 6. The second kappa shape index (κ2) is 9.34. The van der Waals surface area contributed by atoms with Crippen LogP contribution in [0.4, 0.5) is 5.69 Å². The van der Waals surface area contributed by atoms with Gasteiger partial charge in [-0.3, -0.25) is 19.7 Å². The summed E-state index contributed by atoms with van der Waals surface area (Å²) < 4.78 is 9.15. The van der Waals surface area contributed by atoms with E-state index in [1.54, 1.807) is 18.2 Å². The molecule has 0 atom stereocenters. The van der Waals surface area contributed by atoms with Crippen molar-refractivity contribution in [2.45, 2.75) is 19.3 Å². The van der Waals surface area contributed by atoms with Gasteiger partial charge < -0.3 is 9.47 Å². The summed E-state index contributed by atoms with van der Waals surface area (Å²) in [7, 11) is 2.45. The van der Waals surface area contributed by atoms with Crippen LogP contribution in [0.15, 0.2) is 30.3 Å². The van der Waals surface area contributed by atoms with E-state index in [0.717, 1.165) is 5.56 Å². The first-order valence-electron chi connectivity index (χ1n) is 7.06. The molecule has 0 amide bonds. The monoisotopic (exact) mass is 321 g/mol. The highest BCUT2D eigenvalue weighted by Gasteiger charge is 2.27. The number of methoxy groups -OCH3 is 2. The van der Waals surface area contributed by atoms with E-state index in [4.69, 9.17) is 0 Å². The molecule has 0 bridgehead atoms. The van der Waals surface area contributed by atoms with Crippen molar-refractivity contribution in [3.63, 3.8) is 0 Å². The van der Waals surface area contributed by atoms with Gasteiger partial charge in [-0.25, -0.2) is 0 Å². The number of nitro groups is 1. The lowest BCUT2D eigenvalue weighted by Crippen LogP contribution is -2.26. The molecular formula is C16H19NO6. The van der Waals surface area contributed by atoms with Crippen LogP contribution >= 0.6 is 0 Å². The maximum atomic E-state index is 11.5. The minimum atomic E-state index is -0.920. The lowest BCUT2D eigenvalue weighted by atomic mass is 10.0. The van der Waals surface area contributed by atoms with E-state index in [-0.39, 0.29) is 5.69 Å². The first-order valence-corrected chi connectivity index (χ1v) is 7.06. The first kappa shape index (κ1) is 18.3. The number of ether oxygens (including phenoxy) is 2. The molecule has 0 aliphatic carbocycles. The zero-order valence-electron chi connectivity index (χ0n) is 13.1. The van der Waals surface area contributed by atoms with E-state index < -0.39 is 22.8 Å². The fraction of sp³-hybridized carbons (Fsp3) is 0.375. The molecule has 0 aliphatic rings. The second-order valence-corrected chi connectivity index (χ2v) is 4.78. The van der Waals surface area contributed by atoms with E-state index in [0.29, 0.717) is 19.3 Å². The summed E-state index contributed by atoms with van der Waals surface area (Å²) >= 11 is 0. The number of hydrogen-bond donors (Lipinski definition) is 0. The van der Waals surface area contributed by atoms with E-state index in [2.05, 4.69) is 9.47 Å². The number of unbranched alkanes of at least 4 members (excludes halogenated alkanes) is 1. The highest BCUT2D eigenvalue weighted by molar-refractivity contribution is 5.94. The lowest BCUT2D eigenvalue weighted by molar-refractivity contribution is -0.384. The minimum absolute atomic E-state index is 0.0311. The van der Waals surface area contributed by atoms with Crippen LogP contribution in [-0.2, 0) is 19.1 Å². The third-order valence-corrected chi connectivity index (χ3v) is 3.23. The van der Waals surface area contributed by atoms with Crippen LogP contribution in [0.3, 0.4) is 0 Å². The Balaban J connectivity index is 2.52. The summed E-state index contributed by atoms with van der Waals surface area (Å²) in [5.74, 6) is -2.14.